The van der Waals surface area contributed by atoms with E-state index in [0.717, 1.165) is 17.5 Å². The van der Waals surface area contributed by atoms with Gasteiger partial charge in [0.05, 0.1) is 39.9 Å². The molecule has 7 heteroatoms. The molecule has 2 rings (SSSR count). The van der Waals surface area contributed by atoms with Crippen LogP contribution in [0, 0.1) is 17.2 Å². The van der Waals surface area contributed by atoms with E-state index in [9.17, 15) is 10.4 Å². The lowest BCUT2D eigenvalue weighted by atomic mass is 9.69. The summed E-state index contributed by atoms with van der Waals surface area (Å²) in [5.74, 6) is 2.62. The Bertz CT molecular complexity index is 941. The van der Waals surface area contributed by atoms with E-state index >= 15 is 0 Å². The highest BCUT2D eigenvalue weighted by molar-refractivity contribution is 5.47. The van der Waals surface area contributed by atoms with E-state index < -0.39 is 11.6 Å². The Morgan fingerprint density at radius 3 is 2.03 bits per heavy atom. The van der Waals surface area contributed by atoms with Gasteiger partial charge in [-0.2, -0.15) is 5.26 Å². The number of aliphatic hydroxyl groups is 1. The number of aliphatic hydroxyl groups excluding tert-OH is 1. The van der Waals surface area contributed by atoms with Crippen molar-refractivity contribution in [2.45, 2.75) is 44.8 Å². The number of nitrogens with zero attached hydrogens (tertiary/aromatic N) is 1. The van der Waals surface area contributed by atoms with Gasteiger partial charge in [-0.1, -0.05) is 26.0 Å². The summed E-state index contributed by atoms with van der Waals surface area (Å²) in [7, 11) is 6.38. The molecule has 0 radical (unpaired) electrons. The molecule has 33 heavy (non-hydrogen) atoms. The van der Waals surface area contributed by atoms with E-state index in [1.54, 1.807) is 28.4 Å². The van der Waals surface area contributed by atoms with E-state index in [2.05, 4.69) is 11.4 Å². The van der Waals surface area contributed by atoms with Crippen LogP contribution in [0.25, 0.3) is 0 Å². The Morgan fingerprint density at radius 1 is 0.909 bits per heavy atom. The quantitative estimate of drug-likeness (QED) is 0.439. The van der Waals surface area contributed by atoms with Gasteiger partial charge in [-0.25, -0.2) is 0 Å². The highest BCUT2D eigenvalue weighted by Crippen LogP contribution is 2.40. The third-order valence-electron chi connectivity index (χ3n) is 6.14. The van der Waals surface area contributed by atoms with Gasteiger partial charge in [0.25, 0.3) is 0 Å². The molecule has 0 saturated heterocycles. The van der Waals surface area contributed by atoms with Gasteiger partial charge >= 0.3 is 0 Å². The van der Waals surface area contributed by atoms with E-state index in [4.69, 9.17) is 18.9 Å². The van der Waals surface area contributed by atoms with Crippen molar-refractivity contribution >= 4 is 0 Å². The highest BCUT2D eigenvalue weighted by Gasteiger charge is 2.37. The first kappa shape index (κ1) is 26.3. The van der Waals surface area contributed by atoms with Crippen LogP contribution in [0.3, 0.4) is 0 Å². The molecule has 0 bridgehead atoms. The number of benzene rings is 2. The third-order valence-corrected chi connectivity index (χ3v) is 6.14. The van der Waals surface area contributed by atoms with Crippen molar-refractivity contribution in [3.05, 3.63) is 47.5 Å². The molecular weight excluding hydrogens is 420 g/mol. The van der Waals surface area contributed by atoms with E-state index in [1.807, 2.05) is 50.2 Å². The number of ether oxygens (including phenoxy) is 4. The smallest absolute Gasteiger partial charge is 0.161 e. The molecule has 0 aliphatic rings. The van der Waals surface area contributed by atoms with E-state index in [-0.39, 0.29) is 5.92 Å². The predicted molar refractivity (Wildman–Crippen MR) is 128 cm³/mol. The topological polar surface area (TPSA) is 93.0 Å². The summed E-state index contributed by atoms with van der Waals surface area (Å²) >= 11 is 0. The monoisotopic (exact) mass is 456 g/mol. The zero-order chi connectivity index (χ0) is 24.4. The van der Waals surface area contributed by atoms with Crippen LogP contribution in [0.15, 0.2) is 36.4 Å². The molecule has 0 saturated carbocycles. The van der Waals surface area contributed by atoms with Gasteiger partial charge < -0.3 is 24.1 Å². The molecule has 0 aliphatic carbocycles. The Balaban J connectivity index is 2.03. The maximum absolute atomic E-state index is 10.6. The highest BCUT2D eigenvalue weighted by atomic mass is 16.5. The fourth-order valence-corrected chi connectivity index (χ4v) is 4.02. The van der Waals surface area contributed by atoms with Gasteiger partial charge in [0.1, 0.15) is 6.23 Å². The van der Waals surface area contributed by atoms with Crippen molar-refractivity contribution in [3.8, 4) is 29.1 Å². The number of methoxy groups -OCH3 is 4. The summed E-state index contributed by atoms with van der Waals surface area (Å²) in [5, 5.41) is 23.9. The average molecular weight is 457 g/mol. The Kier molecular flexibility index (Phi) is 9.83. The molecule has 0 amide bonds. The van der Waals surface area contributed by atoms with Crippen molar-refractivity contribution < 1.29 is 24.1 Å². The van der Waals surface area contributed by atoms with Crippen molar-refractivity contribution in [3.63, 3.8) is 0 Å². The van der Waals surface area contributed by atoms with Gasteiger partial charge in [-0.05, 0) is 60.6 Å². The second-order valence-corrected chi connectivity index (χ2v) is 8.26. The molecule has 2 unspecified atom stereocenters. The molecule has 2 N–H and O–H groups in total. The van der Waals surface area contributed by atoms with Crippen LogP contribution in [0.2, 0.25) is 0 Å². The molecule has 2 aromatic rings. The Labute approximate surface area is 197 Å². The minimum Gasteiger partial charge on any atom is -0.493 e. The maximum Gasteiger partial charge on any atom is 0.161 e. The van der Waals surface area contributed by atoms with Gasteiger partial charge in [0.2, 0.25) is 0 Å². The summed E-state index contributed by atoms with van der Waals surface area (Å²) in [5.41, 5.74) is 1.17. The Hall–Kier alpha value is -2.95. The lowest BCUT2D eigenvalue weighted by Crippen LogP contribution is -2.36. The van der Waals surface area contributed by atoms with Crippen LogP contribution in [-0.4, -0.2) is 46.3 Å². The second kappa shape index (κ2) is 12.3. The Morgan fingerprint density at radius 2 is 1.48 bits per heavy atom. The van der Waals surface area contributed by atoms with Crippen LogP contribution in [0.4, 0.5) is 0 Å². The molecule has 0 aromatic heterocycles. The molecule has 0 fully saturated rings. The van der Waals surface area contributed by atoms with Gasteiger partial charge in [0.15, 0.2) is 23.0 Å². The van der Waals surface area contributed by atoms with Gasteiger partial charge in [-0.15, -0.1) is 0 Å². The molecular formula is C26H36N2O5. The number of rotatable bonds is 13. The van der Waals surface area contributed by atoms with E-state index in [1.165, 1.54) is 0 Å². The molecule has 7 nitrogen and oxygen atoms in total. The fraction of sp³-hybridized carbons (Fsp3) is 0.500. The minimum absolute atomic E-state index is 0.0413. The van der Waals surface area contributed by atoms with Gasteiger partial charge in [0, 0.05) is 6.54 Å². The first-order valence-electron chi connectivity index (χ1n) is 11.1. The van der Waals surface area contributed by atoms with Crippen LogP contribution in [0.5, 0.6) is 23.0 Å². The lowest BCUT2D eigenvalue weighted by Gasteiger charge is -2.32. The van der Waals surface area contributed by atoms with Crippen molar-refractivity contribution in [2.24, 2.45) is 5.92 Å². The normalized spacial score (nSPS) is 13.7. The van der Waals surface area contributed by atoms with Gasteiger partial charge in [-0.3, -0.25) is 5.32 Å². The zero-order valence-corrected chi connectivity index (χ0v) is 20.5. The largest absolute Gasteiger partial charge is 0.493 e. The van der Waals surface area contributed by atoms with Crippen LogP contribution < -0.4 is 24.3 Å². The second-order valence-electron chi connectivity index (χ2n) is 8.26. The first-order chi connectivity index (χ1) is 15.8. The lowest BCUT2D eigenvalue weighted by molar-refractivity contribution is 0.116. The fourth-order valence-electron chi connectivity index (χ4n) is 4.02. The SMILES string of the molecule is COc1ccc(CCNC(O)CCC(C#N)(c2ccc(OC)c(OC)c2)C(C)C)cc1OC. The summed E-state index contributed by atoms with van der Waals surface area (Å²) in [6.07, 6.45) is 0.935. The predicted octanol–water partition coefficient (Wildman–Crippen LogP) is 4.07. The summed E-state index contributed by atoms with van der Waals surface area (Å²) in [4.78, 5) is 0. The van der Waals surface area contributed by atoms with Crippen LogP contribution in [-0.2, 0) is 11.8 Å². The van der Waals surface area contributed by atoms with Crippen LogP contribution >= 0.6 is 0 Å². The number of hydrogen-bond acceptors (Lipinski definition) is 7. The molecule has 0 spiro atoms. The third kappa shape index (κ3) is 6.31. The number of nitrogens with one attached hydrogen (secondary N) is 1. The standard InChI is InChI=1S/C26H36N2O5/c1-18(2)26(17-27,20-8-10-22(31-4)24(16-20)33-6)13-11-25(29)28-14-12-19-7-9-21(30-3)23(15-19)32-5/h7-10,15-16,18,25,28-29H,11-14H2,1-6H3. The van der Waals surface area contributed by atoms with E-state index in [0.29, 0.717) is 42.4 Å². The molecule has 0 heterocycles. The first-order valence-corrected chi connectivity index (χ1v) is 11.1. The summed E-state index contributed by atoms with van der Waals surface area (Å²) in [6, 6.07) is 13.9. The number of nitriles is 1. The number of hydrogen-bond donors (Lipinski definition) is 2. The minimum atomic E-state index is -0.758. The maximum atomic E-state index is 10.6. The summed E-state index contributed by atoms with van der Waals surface area (Å²) in [6.45, 7) is 4.64. The molecule has 0 aliphatic heterocycles. The summed E-state index contributed by atoms with van der Waals surface area (Å²) < 4.78 is 21.4. The van der Waals surface area contributed by atoms with Crippen molar-refractivity contribution in [2.75, 3.05) is 35.0 Å². The molecule has 180 valence electrons. The molecule has 2 aromatic carbocycles. The van der Waals surface area contributed by atoms with Crippen molar-refractivity contribution in [1.82, 2.24) is 5.32 Å². The molecule has 2 atom stereocenters. The zero-order valence-electron chi connectivity index (χ0n) is 20.5. The van der Waals surface area contributed by atoms with Crippen molar-refractivity contribution in [1.29, 1.82) is 5.26 Å². The average Bonchev–Trinajstić information content (AvgIpc) is 2.84. The van der Waals surface area contributed by atoms with Crippen LogP contribution in [0.1, 0.15) is 37.8 Å².